The number of hydrogen-bond donors (Lipinski definition) is 1. The second-order valence-electron chi connectivity index (χ2n) is 3.29. The van der Waals surface area contributed by atoms with E-state index >= 15 is 0 Å². The number of anilines is 1. The van der Waals surface area contributed by atoms with Crippen molar-refractivity contribution in [3.8, 4) is 0 Å². The normalized spacial score (nSPS) is 15.2. The lowest BCUT2D eigenvalue weighted by Gasteiger charge is -2.13. The Hall–Kier alpha value is -1.14. The van der Waals surface area contributed by atoms with Crippen molar-refractivity contribution in [1.29, 1.82) is 0 Å². The highest BCUT2D eigenvalue weighted by atomic mass is 16.5. The molecule has 14 heavy (non-hydrogen) atoms. The molecule has 0 bridgehead atoms. The molecule has 0 spiro atoms. The van der Waals surface area contributed by atoms with Gasteiger partial charge in [-0.05, 0) is 12.1 Å². The van der Waals surface area contributed by atoms with Crippen LogP contribution in [0.3, 0.4) is 0 Å². The van der Waals surface area contributed by atoms with Crippen LogP contribution in [0, 0.1) is 0 Å². The fourth-order valence-corrected chi connectivity index (χ4v) is 0.891. The Kier molecular flexibility index (Phi) is 3.43. The fraction of sp³-hybridized carbons (Fsp3) is 0.750. The standard InChI is InChI=1S/C8H16N4O2/c1-5(13-4)6(9)7-10-8(11-14-7)12(2)3/h5-6H,9H2,1-4H3/t5-,6+/m1/s1. The van der Waals surface area contributed by atoms with Crippen LogP contribution < -0.4 is 10.6 Å². The number of nitrogens with zero attached hydrogens (tertiary/aromatic N) is 3. The van der Waals surface area contributed by atoms with Crippen molar-refractivity contribution in [2.24, 2.45) is 5.73 Å². The average molecular weight is 200 g/mol. The van der Waals surface area contributed by atoms with E-state index in [0.717, 1.165) is 0 Å². The van der Waals surface area contributed by atoms with E-state index < -0.39 is 0 Å². The van der Waals surface area contributed by atoms with Crippen LogP contribution in [0.2, 0.25) is 0 Å². The molecule has 1 rings (SSSR count). The first kappa shape index (κ1) is 10.9. The summed E-state index contributed by atoms with van der Waals surface area (Å²) in [4.78, 5) is 5.87. The third kappa shape index (κ3) is 2.21. The predicted octanol–water partition coefficient (Wildman–Crippen LogP) is 0.170. The van der Waals surface area contributed by atoms with Crippen molar-refractivity contribution in [1.82, 2.24) is 10.1 Å². The zero-order chi connectivity index (χ0) is 10.7. The first-order chi connectivity index (χ1) is 6.56. The highest BCUT2D eigenvalue weighted by Crippen LogP contribution is 2.16. The first-order valence-electron chi connectivity index (χ1n) is 4.35. The molecule has 0 unspecified atom stereocenters. The van der Waals surface area contributed by atoms with Crippen LogP contribution in [0.1, 0.15) is 18.9 Å². The Morgan fingerprint density at radius 1 is 1.50 bits per heavy atom. The smallest absolute Gasteiger partial charge is 0.265 e. The molecule has 6 heteroatoms. The van der Waals surface area contributed by atoms with E-state index in [1.165, 1.54) is 0 Å². The van der Waals surface area contributed by atoms with E-state index in [1.54, 1.807) is 12.0 Å². The number of nitrogens with two attached hydrogens (primary N) is 1. The molecule has 80 valence electrons. The Balaban J connectivity index is 2.76. The molecule has 1 heterocycles. The summed E-state index contributed by atoms with van der Waals surface area (Å²) in [6.07, 6.45) is -0.148. The number of hydrogen-bond acceptors (Lipinski definition) is 6. The fourth-order valence-electron chi connectivity index (χ4n) is 0.891. The van der Waals surface area contributed by atoms with Gasteiger partial charge in [0.25, 0.3) is 5.95 Å². The lowest BCUT2D eigenvalue weighted by atomic mass is 10.2. The maximum Gasteiger partial charge on any atom is 0.265 e. The van der Waals surface area contributed by atoms with Crippen LogP contribution in [0.5, 0.6) is 0 Å². The van der Waals surface area contributed by atoms with Gasteiger partial charge in [0.15, 0.2) is 0 Å². The Labute approximate surface area is 83.0 Å². The topological polar surface area (TPSA) is 77.4 Å². The van der Waals surface area contributed by atoms with Crippen LogP contribution in [0.4, 0.5) is 5.95 Å². The van der Waals surface area contributed by atoms with Gasteiger partial charge in [-0.1, -0.05) is 0 Å². The van der Waals surface area contributed by atoms with Crippen molar-refractivity contribution >= 4 is 5.95 Å². The van der Waals surface area contributed by atoms with E-state index in [4.69, 9.17) is 15.0 Å². The number of aromatic nitrogens is 2. The molecule has 1 aromatic heterocycles. The summed E-state index contributed by atoms with van der Waals surface area (Å²) in [7, 11) is 5.26. The summed E-state index contributed by atoms with van der Waals surface area (Å²) in [5.41, 5.74) is 5.82. The quantitative estimate of drug-likeness (QED) is 0.746. The third-order valence-electron chi connectivity index (χ3n) is 1.99. The molecule has 1 aromatic rings. The van der Waals surface area contributed by atoms with Crippen molar-refractivity contribution in [3.63, 3.8) is 0 Å². The van der Waals surface area contributed by atoms with Gasteiger partial charge < -0.3 is 19.9 Å². The summed E-state index contributed by atoms with van der Waals surface area (Å²) < 4.78 is 10.1. The maximum absolute atomic E-state index is 5.82. The van der Waals surface area contributed by atoms with Crippen molar-refractivity contribution in [3.05, 3.63) is 5.89 Å². The van der Waals surface area contributed by atoms with Crippen LogP contribution >= 0.6 is 0 Å². The molecule has 0 amide bonds. The van der Waals surface area contributed by atoms with Crippen molar-refractivity contribution < 1.29 is 9.26 Å². The largest absolute Gasteiger partial charge is 0.380 e. The Morgan fingerprint density at radius 3 is 2.57 bits per heavy atom. The van der Waals surface area contributed by atoms with Gasteiger partial charge in [0, 0.05) is 21.2 Å². The zero-order valence-corrected chi connectivity index (χ0v) is 8.89. The average Bonchev–Trinajstić information content (AvgIpc) is 2.64. The molecule has 0 fully saturated rings. The molecule has 0 saturated heterocycles. The molecule has 0 aliphatic rings. The molecular formula is C8H16N4O2. The zero-order valence-electron chi connectivity index (χ0n) is 8.89. The first-order valence-corrected chi connectivity index (χ1v) is 4.35. The molecule has 0 aliphatic carbocycles. The van der Waals surface area contributed by atoms with E-state index in [2.05, 4.69) is 10.1 Å². The lowest BCUT2D eigenvalue weighted by molar-refractivity contribution is 0.0848. The van der Waals surface area contributed by atoms with Gasteiger partial charge in [0.1, 0.15) is 6.04 Å². The van der Waals surface area contributed by atoms with E-state index in [0.29, 0.717) is 11.8 Å². The Bertz CT molecular complexity index is 287. The molecule has 0 radical (unpaired) electrons. The minimum atomic E-state index is -0.388. The number of methoxy groups -OCH3 is 1. The van der Waals surface area contributed by atoms with Gasteiger partial charge in [0.2, 0.25) is 5.89 Å². The van der Waals surface area contributed by atoms with Crippen molar-refractivity contribution in [2.75, 3.05) is 26.1 Å². The minimum absolute atomic E-state index is 0.148. The molecular weight excluding hydrogens is 184 g/mol. The molecule has 6 nitrogen and oxygen atoms in total. The predicted molar refractivity (Wildman–Crippen MR) is 52.0 cm³/mol. The SMILES string of the molecule is CO[C@H](C)[C@H](N)c1nc(N(C)C)no1. The monoisotopic (exact) mass is 200 g/mol. The molecule has 0 aliphatic heterocycles. The third-order valence-corrected chi connectivity index (χ3v) is 1.99. The second-order valence-corrected chi connectivity index (χ2v) is 3.29. The van der Waals surface area contributed by atoms with Gasteiger partial charge in [-0.15, -0.1) is 0 Å². The highest BCUT2D eigenvalue weighted by Gasteiger charge is 2.21. The van der Waals surface area contributed by atoms with E-state index in [1.807, 2.05) is 21.0 Å². The summed E-state index contributed by atoms with van der Waals surface area (Å²) in [6.45, 7) is 1.85. The van der Waals surface area contributed by atoms with Crippen LogP contribution in [0.15, 0.2) is 4.52 Å². The van der Waals surface area contributed by atoms with Gasteiger partial charge >= 0.3 is 0 Å². The van der Waals surface area contributed by atoms with Gasteiger partial charge in [-0.3, -0.25) is 0 Å². The van der Waals surface area contributed by atoms with Crippen LogP contribution in [0.25, 0.3) is 0 Å². The molecule has 2 atom stereocenters. The molecule has 0 aromatic carbocycles. The summed E-state index contributed by atoms with van der Waals surface area (Å²) in [6, 6.07) is -0.388. The summed E-state index contributed by atoms with van der Waals surface area (Å²) >= 11 is 0. The van der Waals surface area contributed by atoms with E-state index in [9.17, 15) is 0 Å². The second kappa shape index (κ2) is 4.39. The molecule has 2 N–H and O–H groups in total. The number of rotatable bonds is 4. The van der Waals surface area contributed by atoms with Gasteiger partial charge in [-0.25, -0.2) is 0 Å². The number of ether oxygens (including phenoxy) is 1. The lowest BCUT2D eigenvalue weighted by Crippen LogP contribution is -2.25. The Morgan fingerprint density at radius 2 is 2.14 bits per heavy atom. The maximum atomic E-state index is 5.82. The van der Waals surface area contributed by atoms with Crippen LogP contribution in [-0.2, 0) is 4.74 Å². The van der Waals surface area contributed by atoms with Crippen LogP contribution in [-0.4, -0.2) is 37.4 Å². The van der Waals surface area contributed by atoms with Gasteiger partial charge in [0.05, 0.1) is 6.10 Å². The summed E-state index contributed by atoms with van der Waals surface area (Å²) in [5.74, 6) is 0.904. The highest BCUT2D eigenvalue weighted by molar-refractivity contribution is 5.24. The minimum Gasteiger partial charge on any atom is -0.380 e. The van der Waals surface area contributed by atoms with E-state index in [-0.39, 0.29) is 12.1 Å². The van der Waals surface area contributed by atoms with Gasteiger partial charge in [-0.2, -0.15) is 4.98 Å². The van der Waals surface area contributed by atoms with Crippen molar-refractivity contribution in [2.45, 2.75) is 19.1 Å². The molecule has 0 saturated carbocycles. The summed E-state index contributed by atoms with van der Waals surface area (Å²) in [5, 5.41) is 3.76.